The number of nitrogens with one attached hydrogen (secondary N) is 3. The number of H-pyrrole nitrogens is 1. The number of anilines is 2. The number of halogens is 1. The summed E-state index contributed by atoms with van der Waals surface area (Å²) >= 11 is 6.36. The van der Waals surface area contributed by atoms with Gasteiger partial charge in [-0.05, 0) is 55.0 Å². The second kappa shape index (κ2) is 11.6. The number of urea groups is 1. The second-order valence-corrected chi connectivity index (χ2v) is 11.0. The largest absolute Gasteiger partial charge is 0.493 e. The molecule has 0 saturated heterocycles. The third-order valence-corrected chi connectivity index (χ3v) is 6.86. The lowest BCUT2D eigenvalue weighted by Crippen LogP contribution is -2.21. The Balaban J connectivity index is 1.36. The van der Waals surface area contributed by atoms with Gasteiger partial charge in [-0.1, -0.05) is 32.4 Å². The normalized spacial score (nSPS) is 11.3. The van der Waals surface area contributed by atoms with Crippen LogP contribution < -0.4 is 24.8 Å². The van der Waals surface area contributed by atoms with E-state index in [2.05, 4.69) is 30.6 Å². The number of fused-ring (bicyclic) bond motifs is 1. The first-order valence-corrected chi connectivity index (χ1v) is 13.5. The van der Waals surface area contributed by atoms with Crippen molar-refractivity contribution in [2.24, 2.45) is 0 Å². The van der Waals surface area contributed by atoms with Crippen molar-refractivity contribution < 1.29 is 19.0 Å². The highest BCUT2D eigenvalue weighted by Gasteiger charge is 2.24. The molecule has 0 saturated carbocycles. The van der Waals surface area contributed by atoms with E-state index in [9.17, 15) is 4.79 Å². The Morgan fingerprint density at radius 3 is 2.38 bits per heavy atom. The molecule has 2 aromatic carbocycles. The van der Waals surface area contributed by atoms with Gasteiger partial charge in [0.05, 0.1) is 25.4 Å². The Bertz CT molecular complexity index is 1780. The molecule has 2 amide bonds. The molecule has 0 aliphatic heterocycles. The van der Waals surface area contributed by atoms with Gasteiger partial charge in [0.25, 0.3) is 0 Å². The summed E-state index contributed by atoms with van der Waals surface area (Å²) in [6.45, 7) is 7.96. The van der Waals surface area contributed by atoms with E-state index in [0.717, 1.165) is 10.9 Å². The molecule has 5 rings (SSSR count). The van der Waals surface area contributed by atoms with Crippen molar-refractivity contribution in [1.29, 1.82) is 0 Å². The molecule has 216 valence electrons. The second-order valence-electron chi connectivity index (χ2n) is 10.6. The molecule has 42 heavy (non-hydrogen) atoms. The van der Waals surface area contributed by atoms with Crippen LogP contribution >= 0.6 is 11.6 Å². The van der Waals surface area contributed by atoms with E-state index in [0.29, 0.717) is 62.3 Å². The molecule has 0 aliphatic rings. The number of amides is 2. The van der Waals surface area contributed by atoms with Gasteiger partial charge in [0.2, 0.25) is 0 Å². The molecule has 0 radical (unpaired) electrons. The molecule has 5 aromatic rings. The summed E-state index contributed by atoms with van der Waals surface area (Å²) in [7, 11) is 3.16. The van der Waals surface area contributed by atoms with Crippen LogP contribution in [0.2, 0.25) is 5.15 Å². The monoisotopic (exact) mass is 586 g/mol. The van der Waals surface area contributed by atoms with E-state index in [1.54, 1.807) is 56.9 Å². The predicted molar refractivity (Wildman–Crippen MR) is 164 cm³/mol. The van der Waals surface area contributed by atoms with E-state index in [1.165, 1.54) is 0 Å². The fourth-order valence-corrected chi connectivity index (χ4v) is 4.56. The number of carbonyl (C=O) groups excluding carboxylic acids is 1. The molecular weight excluding hydrogens is 556 g/mol. The van der Waals surface area contributed by atoms with E-state index in [-0.39, 0.29) is 5.41 Å². The van der Waals surface area contributed by atoms with Crippen LogP contribution in [0.1, 0.15) is 32.2 Å². The number of hydrogen-bond donors (Lipinski definition) is 3. The number of hydrogen-bond acceptors (Lipinski definition) is 7. The van der Waals surface area contributed by atoms with Crippen molar-refractivity contribution in [3.63, 3.8) is 0 Å². The molecule has 0 unspecified atom stereocenters. The van der Waals surface area contributed by atoms with Crippen molar-refractivity contribution >= 4 is 40.0 Å². The van der Waals surface area contributed by atoms with Crippen LogP contribution in [0.15, 0.2) is 60.9 Å². The lowest BCUT2D eigenvalue weighted by Gasteiger charge is -2.14. The third-order valence-electron chi connectivity index (χ3n) is 6.56. The number of ether oxygens (including phenoxy) is 3. The molecule has 0 fully saturated rings. The van der Waals surface area contributed by atoms with Crippen molar-refractivity contribution in [2.75, 3.05) is 24.9 Å². The zero-order chi connectivity index (χ0) is 30.0. The molecule has 0 atom stereocenters. The van der Waals surface area contributed by atoms with Gasteiger partial charge in [-0.2, -0.15) is 0 Å². The SMILES string of the molecule is COc1cc2nccc(Oc3ccc(NC(=O)Nc4nc(C(C)(C)C)[nH]c4-c4cccnc4Cl)c(C)c3)c2cc1OC. The maximum absolute atomic E-state index is 13.1. The van der Waals surface area contributed by atoms with E-state index < -0.39 is 6.03 Å². The summed E-state index contributed by atoms with van der Waals surface area (Å²) in [6, 6.07) is 14.0. The first kappa shape index (κ1) is 28.7. The van der Waals surface area contributed by atoms with Gasteiger partial charge in [0.1, 0.15) is 22.5 Å². The van der Waals surface area contributed by atoms with Crippen LogP contribution in [0.5, 0.6) is 23.0 Å². The van der Waals surface area contributed by atoms with Gasteiger partial charge in [-0.3, -0.25) is 10.3 Å². The number of benzene rings is 2. The highest BCUT2D eigenvalue weighted by molar-refractivity contribution is 6.32. The first-order valence-electron chi connectivity index (χ1n) is 13.2. The Labute approximate surface area is 248 Å². The summed E-state index contributed by atoms with van der Waals surface area (Å²) in [6.07, 6.45) is 3.28. The van der Waals surface area contributed by atoms with E-state index >= 15 is 0 Å². The van der Waals surface area contributed by atoms with E-state index in [4.69, 9.17) is 25.8 Å². The van der Waals surface area contributed by atoms with Gasteiger partial charge in [0.15, 0.2) is 17.3 Å². The van der Waals surface area contributed by atoms with Crippen molar-refractivity contribution in [1.82, 2.24) is 19.9 Å². The minimum Gasteiger partial charge on any atom is -0.493 e. The summed E-state index contributed by atoms with van der Waals surface area (Å²) in [5.74, 6) is 3.40. The predicted octanol–water partition coefficient (Wildman–Crippen LogP) is 7.73. The van der Waals surface area contributed by atoms with Crippen molar-refractivity contribution in [3.05, 3.63) is 77.5 Å². The first-order chi connectivity index (χ1) is 20.1. The van der Waals surface area contributed by atoms with Gasteiger partial charge >= 0.3 is 6.03 Å². The summed E-state index contributed by atoms with van der Waals surface area (Å²) < 4.78 is 17.1. The number of methoxy groups -OCH3 is 2. The highest BCUT2D eigenvalue weighted by Crippen LogP contribution is 2.38. The highest BCUT2D eigenvalue weighted by atomic mass is 35.5. The number of nitrogens with zero attached hydrogens (tertiary/aromatic N) is 3. The lowest BCUT2D eigenvalue weighted by atomic mass is 9.96. The van der Waals surface area contributed by atoms with Crippen LogP contribution in [0.25, 0.3) is 22.2 Å². The minimum absolute atomic E-state index is 0.288. The van der Waals surface area contributed by atoms with Gasteiger partial charge in [-0.15, -0.1) is 0 Å². The maximum atomic E-state index is 13.1. The molecule has 0 bridgehead atoms. The van der Waals surface area contributed by atoms with Gasteiger partial charge in [-0.25, -0.2) is 14.8 Å². The zero-order valence-corrected chi connectivity index (χ0v) is 24.9. The smallest absolute Gasteiger partial charge is 0.324 e. The number of aromatic amines is 1. The van der Waals surface area contributed by atoms with E-state index in [1.807, 2.05) is 45.9 Å². The summed E-state index contributed by atoms with van der Waals surface area (Å²) in [4.78, 5) is 29.7. The minimum atomic E-state index is -0.457. The fourth-order valence-electron chi connectivity index (χ4n) is 4.35. The zero-order valence-electron chi connectivity index (χ0n) is 24.1. The van der Waals surface area contributed by atoms with Crippen molar-refractivity contribution in [2.45, 2.75) is 33.1 Å². The average molecular weight is 587 g/mol. The van der Waals surface area contributed by atoms with Crippen LogP contribution in [-0.4, -0.2) is 40.2 Å². The molecule has 0 aliphatic carbocycles. The van der Waals surface area contributed by atoms with Gasteiger partial charge < -0.3 is 24.5 Å². The third kappa shape index (κ3) is 5.94. The number of pyridine rings is 2. The Morgan fingerprint density at radius 1 is 0.929 bits per heavy atom. The average Bonchev–Trinajstić information content (AvgIpc) is 3.38. The van der Waals surface area contributed by atoms with Crippen LogP contribution in [0, 0.1) is 6.92 Å². The number of aryl methyl sites for hydroxylation is 1. The van der Waals surface area contributed by atoms with Gasteiger partial charge in [0, 0.05) is 40.5 Å². The molecule has 11 heteroatoms. The quantitative estimate of drug-likeness (QED) is 0.167. The molecule has 3 heterocycles. The standard InChI is InChI=1S/C31H31ClN6O4/c1-17-14-18(42-23-11-13-33-22-16-25(41-6)24(40-5)15-20(22)23)9-10-21(17)35-30(39)38-28-26(19-8-7-12-34-27(19)32)36-29(37-28)31(2,3)4/h7-16H,1-6H3,(H,36,37)(H2,35,38,39). The number of carbonyl (C=O) groups is 1. The Morgan fingerprint density at radius 2 is 1.69 bits per heavy atom. The summed E-state index contributed by atoms with van der Waals surface area (Å²) in [5.41, 5.74) is 3.04. The molecule has 3 aromatic heterocycles. The summed E-state index contributed by atoms with van der Waals surface area (Å²) in [5, 5.41) is 6.83. The number of rotatable bonds is 7. The van der Waals surface area contributed by atoms with Crippen LogP contribution in [-0.2, 0) is 5.41 Å². The molecular formula is C31H31ClN6O4. The fraction of sp³-hybridized carbons (Fsp3) is 0.226. The maximum Gasteiger partial charge on any atom is 0.324 e. The van der Waals surface area contributed by atoms with Crippen LogP contribution in [0.4, 0.5) is 16.3 Å². The molecule has 10 nitrogen and oxygen atoms in total. The Hall–Kier alpha value is -4.83. The van der Waals surface area contributed by atoms with Crippen molar-refractivity contribution in [3.8, 4) is 34.3 Å². The lowest BCUT2D eigenvalue weighted by molar-refractivity contribution is 0.262. The Kier molecular flexibility index (Phi) is 7.91. The van der Waals surface area contributed by atoms with Crippen LogP contribution in [0.3, 0.4) is 0 Å². The number of aromatic nitrogens is 4. The topological polar surface area (TPSA) is 123 Å². The molecule has 3 N–H and O–H groups in total. The molecule has 0 spiro atoms. The number of imidazole rings is 1.